The summed E-state index contributed by atoms with van der Waals surface area (Å²) >= 11 is 0. The highest BCUT2D eigenvalue weighted by molar-refractivity contribution is 7.89. The number of likely N-dealkylation sites (N-methyl/N-ethyl adjacent to an activating group) is 1. The van der Waals surface area contributed by atoms with Crippen molar-refractivity contribution in [3.8, 4) is 17.0 Å². The van der Waals surface area contributed by atoms with Gasteiger partial charge in [0.1, 0.15) is 22.3 Å². The molecule has 158 valence electrons. The first-order valence-electron chi connectivity index (χ1n) is 8.62. The van der Waals surface area contributed by atoms with Crippen LogP contribution in [0.15, 0.2) is 53.4 Å². The Morgan fingerprint density at radius 1 is 1.17 bits per heavy atom. The van der Waals surface area contributed by atoms with E-state index in [9.17, 15) is 22.0 Å². The van der Waals surface area contributed by atoms with E-state index in [0.29, 0.717) is 11.3 Å². The van der Waals surface area contributed by atoms with Crippen molar-refractivity contribution in [2.24, 2.45) is 0 Å². The van der Waals surface area contributed by atoms with Gasteiger partial charge in [-0.2, -0.15) is 9.40 Å². The Bertz CT molecular complexity index is 1180. The molecule has 0 spiro atoms. The van der Waals surface area contributed by atoms with Crippen LogP contribution in [0.25, 0.3) is 11.3 Å². The van der Waals surface area contributed by atoms with Gasteiger partial charge in [-0.25, -0.2) is 17.2 Å². The third kappa shape index (κ3) is 4.63. The van der Waals surface area contributed by atoms with Crippen LogP contribution in [0, 0.1) is 11.6 Å². The molecule has 0 bridgehead atoms. The van der Waals surface area contributed by atoms with Crippen molar-refractivity contribution in [1.29, 1.82) is 0 Å². The Morgan fingerprint density at radius 3 is 2.60 bits per heavy atom. The minimum absolute atomic E-state index is 0.0457. The predicted octanol–water partition coefficient (Wildman–Crippen LogP) is 2.62. The Hall–Kier alpha value is -3.31. The van der Waals surface area contributed by atoms with Crippen LogP contribution in [0.5, 0.6) is 5.75 Å². The summed E-state index contributed by atoms with van der Waals surface area (Å²) in [6.07, 6.45) is 0. The Kier molecular flexibility index (Phi) is 6.13. The summed E-state index contributed by atoms with van der Waals surface area (Å²) in [6, 6.07) is 10.3. The SMILES string of the molecule is COc1ccc(F)cc1S(=O)(=O)N(C)CC(=O)Nc1cc(-c2cccc(F)c2)[nH]n1. The van der Waals surface area contributed by atoms with Gasteiger partial charge in [-0.05, 0) is 30.3 Å². The number of amides is 1. The lowest BCUT2D eigenvalue weighted by molar-refractivity contribution is -0.116. The predicted molar refractivity (Wildman–Crippen MR) is 105 cm³/mol. The van der Waals surface area contributed by atoms with Crippen molar-refractivity contribution >= 4 is 21.7 Å². The molecule has 3 aromatic rings. The van der Waals surface area contributed by atoms with Crippen LogP contribution in [-0.2, 0) is 14.8 Å². The molecule has 30 heavy (non-hydrogen) atoms. The van der Waals surface area contributed by atoms with Gasteiger partial charge in [-0.1, -0.05) is 12.1 Å². The van der Waals surface area contributed by atoms with E-state index in [2.05, 4.69) is 15.5 Å². The van der Waals surface area contributed by atoms with Gasteiger partial charge in [0.25, 0.3) is 0 Å². The number of anilines is 1. The van der Waals surface area contributed by atoms with Crippen molar-refractivity contribution in [1.82, 2.24) is 14.5 Å². The number of hydrogen-bond acceptors (Lipinski definition) is 5. The van der Waals surface area contributed by atoms with E-state index in [1.807, 2.05) is 0 Å². The zero-order valence-electron chi connectivity index (χ0n) is 16.0. The van der Waals surface area contributed by atoms with Gasteiger partial charge in [0.15, 0.2) is 5.82 Å². The third-order valence-corrected chi connectivity index (χ3v) is 5.99. The molecule has 0 fully saturated rings. The highest BCUT2D eigenvalue weighted by Gasteiger charge is 2.27. The standard InChI is InChI=1S/C19H18F2N4O4S/c1-25(30(27,28)17-9-14(21)6-7-16(17)29-2)11-19(26)22-18-10-15(23-24-18)12-4-3-5-13(20)8-12/h3-10H,11H2,1-2H3,(H2,22,23,24,26). The molecule has 1 amide bonds. The van der Waals surface area contributed by atoms with E-state index >= 15 is 0 Å². The fourth-order valence-electron chi connectivity index (χ4n) is 2.68. The highest BCUT2D eigenvalue weighted by atomic mass is 32.2. The molecule has 3 rings (SSSR count). The molecule has 0 atom stereocenters. The molecule has 0 saturated heterocycles. The second-order valence-corrected chi connectivity index (χ2v) is 8.29. The number of halogens is 2. The lowest BCUT2D eigenvalue weighted by atomic mass is 10.1. The summed E-state index contributed by atoms with van der Waals surface area (Å²) in [7, 11) is -1.76. The quantitative estimate of drug-likeness (QED) is 0.593. The van der Waals surface area contributed by atoms with E-state index in [0.717, 1.165) is 16.4 Å². The number of H-pyrrole nitrogens is 1. The molecule has 8 nitrogen and oxygen atoms in total. The summed E-state index contributed by atoms with van der Waals surface area (Å²) in [4.78, 5) is 11.9. The Morgan fingerprint density at radius 2 is 1.90 bits per heavy atom. The molecule has 11 heteroatoms. The van der Waals surface area contributed by atoms with Gasteiger partial charge in [0.2, 0.25) is 15.9 Å². The first kappa shape index (κ1) is 21.4. The van der Waals surface area contributed by atoms with Gasteiger partial charge < -0.3 is 10.1 Å². The fraction of sp³-hybridized carbons (Fsp3) is 0.158. The van der Waals surface area contributed by atoms with Gasteiger partial charge in [-0.3, -0.25) is 9.89 Å². The summed E-state index contributed by atoms with van der Waals surface area (Å²) in [5.41, 5.74) is 0.996. The molecule has 2 aromatic carbocycles. The number of aromatic amines is 1. The smallest absolute Gasteiger partial charge is 0.247 e. The second kappa shape index (κ2) is 8.59. The number of carbonyl (C=O) groups excluding carboxylic acids is 1. The number of carbonyl (C=O) groups is 1. The summed E-state index contributed by atoms with van der Waals surface area (Å²) in [6.45, 7) is -0.551. The third-order valence-electron chi connectivity index (χ3n) is 4.16. The molecule has 0 aliphatic heterocycles. The average molecular weight is 436 g/mol. The Balaban J connectivity index is 1.71. The van der Waals surface area contributed by atoms with Crippen molar-refractivity contribution in [2.75, 3.05) is 26.0 Å². The number of nitrogens with one attached hydrogen (secondary N) is 2. The van der Waals surface area contributed by atoms with Crippen LogP contribution >= 0.6 is 0 Å². The molecule has 0 saturated carbocycles. The fourth-order valence-corrected chi connectivity index (χ4v) is 3.97. The molecule has 1 aromatic heterocycles. The molecule has 0 unspecified atom stereocenters. The van der Waals surface area contributed by atoms with Crippen LogP contribution in [0.4, 0.5) is 14.6 Å². The van der Waals surface area contributed by atoms with Crippen molar-refractivity contribution in [3.63, 3.8) is 0 Å². The number of ether oxygens (including phenoxy) is 1. The van der Waals surface area contributed by atoms with Gasteiger partial charge in [0.05, 0.1) is 19.3 Å². The normalized spacial score (nSPS) is 11.5. The van der Waals surface area contributed by atoms with Crippen LogP contribution in [0.2, 0.25) is 0 Å². The maximum absolute atomic E-state index is 13.5. The van der Waals surface area contributed by atoms with E-state index in [4.69, 9.17) is 4.74 Å². The van der Waals surface area contributed by atoms with Crippen molar-refractivity contribution in [3.05, 3.63) is 60.2 Å². The first-order valence-corrected chi connectivity index (χ1v) is 10.1. The molecular formula is C19H18F2N4O4S. The number of nitrogens with zero attached hydrogens (tertiary/aromatic N) is 2. The molecule has 0 aliphatic carbocycles. The largest absolute Gasteiger partial charge is 0.495 e. The van der Waals surface area contributed by atoms with Crippen LogP contribution in [-0.4, -0.2) is 49.5 Å². The maximum atomic E-state index is 13.5. The molecule has 0 aliphatic rings. The summed E-state index contributed by atoms with van der Waals surface area (Å²) in [5.74, 6) is -1.77. The molecular weight excluding hydrogens is 418 g/mol. The molecule has 1 heterocycles. The number of rotatable bonds is 7. The zero-order valence-corrected chi connectivity index (χ0v) is 16.8. The van der Waals surface area contributed by atoms with E-state index < -0.39 is 39.0 Å². The Labute approximate surface area is 171 Å². The van der Waals surface area contributed by atoms with E-state index in [-0.39, 0.29) is 11.6 Å². The topological polar surface area (TPSA) is 104 Å². The first-order chi connectivity index (χ1) is 14.2. The number of benzene rings is 2. The second-order valence-electron chi connectivity index (χ2n) is 6.28. The average Bonchev–Trinajstić information content (AvgIpc) is 3.16. The van der Waals surface area contributed by atoms with Crippen molar-refractivity contribution in [2.45, 2.75) is 4.90 Å². The number of methoxy groups -OCH3 is 1. The van der Waals surface area contributed by atoms with E-state index in [1.54, 1.807) is 6.07 Å². The van der Waals surface area contributed by atoms with Crippen molar-refractivity contribution < 1.29 is 26.7 Å². The number of hydrogen-bond donors (Lipinski definition) is 2. The molecule has 2 N–H and O–H groups in total. The zero-order chi connectivity index (χ0) is 21.9. The lowest BCUT2D eigenvalue weighted by Crippen LogP contribution is -2.35. The monoisotopic (exact) mass is 436 g/mol. The van der Waals surface area contributed by atoms with Gasteiger partial charge in [-0.15, -0.1) is 0 Å². The van der Waals surface area contributed by atoms with Crippen LogP contribution in [0.1, 0.15) is 0 Å². The molecule has 0 radical (unpaired) electrons. The van der Waals surface area contributed by atoms with Gasteiger partial charge >= 0.3 is 0 Å². The van der Waals surface area contributed by atoms with Crippen LogP contribution < -0.4 is 10.1 Å². The highest BCUT2D eigenvalue weighted by Crippen LogP contribution is 2.27. The number of sulfonamides is 1. The van der Waals surface area contributed by atoms with Crippen LogP contribution in [0.3, 0.4) is 0 Å². The maximum Gasteiger partial charge on any atom is 0.247 e. The number of aromatic nitrogens is 2. The summed E-state index contributed by atoms with van der Waals surface area (Å²) < 4.78 is 58.1. The lowest BCUT2D eigenvalue weighted by Gasteiger charge is -2.18. The van der Waals surface area contributed by atoms with Gasteiger partial charge in [0, 0.05) is 18.7 Å². The summed E-state index contributed by atoms with van der Waals surface area (Å²) in [5, 5.41) is 9.03. The minimum atomic E-state index is -4.20. The van der Waals surface area contributed by atoms with E-state index in [1.165, 1.54) is 44.5 Å². The minimum Gasteiger partial charge on any atom is -0.495 e.